The summed E-state index contributed by atoms with van der Waals surface area (Å²) in [6.45, 7) is 3.91. The molecule has 0 saturated heterocycles. The number of rotatable bonds is 8. The monoisotopic (exact) mass is 374 g/mol. The molecule has 1 amide bonds. The van der Waals surface area contributed by atoms with Crippen LogP contribution in [0.3, 0.4) is 0 Å². The summed E-state index contributed by atoms with van der Waals surface area (Å²) in [6.07, 6.45) is 3.13. The molecule has 1 aromatic heterocycles. The summed E-state index contributed by atoms with van der Waals surface area (Å²) in [4.78, 5) is 18.5. The summed E-state index contributed by atoms with van der Waals surface area (Å²) in [5.41, 5.74) is 1.17. The molecule has 7 nitrogen and oxygen atoms in total. The van der Waals surface area contributed by atoms with Crippen LogP contribution in [0.2, 0.25) is 0 Å². The maximum Gasteiger partial charge on any atom is 0.251 e. The molecule has 0 unspecified atom stereocenters. The van der Waals surface area contributed by atoms with Crippen molar-refractivity contribution in [1.29, 1.82) is 0 Å². The van der Waals surface area contributed by atoms with E-state index in [2.05, 4.69) is 21.6 Å². The van der Waals surface area contributed by atoms with Crippen molar-refractivity contribution in [2.75, 3.05) is 25.5 Å². The molecule has 0 aliphatic rings. The third kappa shape index (κ3) is 5.14. The van der Waals surface area contributed by atoms with Crippen LogP contribution < -0.4 is 14.9 Å². The lowest BCUT2D eigenvalue weighted by Gasteiger charge is -2.12. The lowest BCUT2D eigenvalue weighted by atomic mass is 10.2. The van der Waals surface area contributed by atoms with Crippen molar-refractivity contribution in [3.05, 3.63) is 66.4 Å². The highest BCUT2D eigenvalue weighted by atomic mass is 32.2. The van der Waals surface area contributed by atoms with Crippen molar-refractivity contribution < 1.29 is 13.2 Å². The van der Waals surface area contributed by atoms with E-state index in [4.69, 9.17) is 0 Å². The second kappa shape index (κ2) is 8.59. The molecular formula is C18H22N4O3S. The minimum Gasteiger partial charge on any atom is -0.363 e. The molecule has 8 heteroatoms. The highest BCUT2D eigenvalue weighted by Crippen LogP contribution is 2.13. The van der Waals surface area contributed by atoms with Gasteiger partial charge < -0.3 is 10.2 Å². The lowest BCUT2D eigenvalue weighted by Crippen LogP contribution is -2.25. The number of sulfonamides is 1. The molecule has 26 heavy (non-hydrogen) atoms. The quantitative estimate of drug-likeness (QED) is 0.684. The van der Waals surface area contributed by atoms with Gasteiger partial charge in [-0.25, -0.2) is 18.1 Å². The second-order valence-corrected chi connectivity index (χ2v) is 7.53. The first-order valence-corrected chi connectivity index (χ1v) is 9.43. The van der Waals surface area contributed by atoms with Gasteiger partial charge in [-0.15, -0.1) is 6.58 Å². The zero-order chi connectivity index (χ0) is 19.2. The molecule has 0 atom stereocenters. The highest BCUT2D eigenvalue weighted by Gasteiger charge is 2.15. The van der Waals surface area contributed by atoms with E-state index in [-0.39, 0.29) is 22.9 Å². The van der Waals surface area contributed by atoms with Crippen LogP contribution in [0.5, 0.6) is 0 Å². The third-order valence-electron chi connectivity index (χ3n) is 3.55. The molecule has 1 aromatic carbocycles. The van der Waals surface area contributed by atoms with Crippen molar-refractivity contribution in [3.8, 4) is 0 Å². The normalized spacial score (nSPS) is 11.0. The molecule has 2 N–H and O–H groups in total. The number of hydrogen-bond acceptors (Lipinski definition) is 5. The molecule has 2 aromatic rings. The molecule has 0 aliphatic carbocycles. The fourth-order valence-corrected chi connectivity index (χ4v) is 3.20. The standard InChI is InChI=1S/C18H22N4O3S/c1-4-9-21-26(24,25)16-7-5-6-15(12-16)18(23)20-13-14-8-10-19-17(11-14)22(2)3/h4-8,10-12,21H,1,9,13H2,2-3H3,(H,20,23). The SMILES string of the molecule is C=CCNS(=O)(=O)c1cccc(C(=O)NCc2ccnc(N(C)C)c2)c1. The van der Waals surface area contributed by atoms with Gasteiger partial charge in [0.15, 0.2) is 0 Å². The number of anilines is 1. The number of pyridine rings is 1. The van der Waals surface area contributed by atoms with Crippen molar-refractivity contribution in [2.45, 2.75) is 11.4 Å². The summed E-state index contributed by atoms with van der Waals surface area (Å²) in [6, 6.07) is 9.58. The van der Waals surface area contributed by atoms with Gasteiger partial charge in [0.1, 0.15) is 5.82 Å². The fraction of sp³-hybridized carbons (Fsp3) is 0.222. The van der Waals surface area contributed by atoms with E-state index in [9.17, 15) is 13.2 Å². The first-order chi connectivity index (χ1) is 12.3. The Morgan fingerprint density at radius 2 is 2.04 bits per heavy atom. The van der Waals surface area contributed by atoms with Gasteiger partial charge in [-0.2, -0.15) is 0 Å². The average Bonchev–Trinajstić information content (AvgIpc) is 2.64. The predicted octanol–water partition coefficient (Wildman–Crippen LogP) is 1.54. The molecular weight excluding hydrogens is 352 g/mol. The summed E-state index contributed by atoms with van der Waals surface area (Å²) >= 11 is 0. The van der Waals surface area contributed by atoms with E-state index in [1.807, 2.05) is 31.1 Å². The van der Waals surface area contributed by atoms with Crippen molar-refractivity contribution >= 4 is 21.7 Å². The van der Waals surface area contributed by atoms with Gasteiger partial charge in [0.25, 0.3) is 5.91 Å². The zero-order valence-corrected chi connectivity index (χ0v) is 15.6. The zero-order valence-electron chi connectivity index (χ0n) is 14.8. The smallest absolute Gasteiger partial charge is 0.251 e. The molecule has 1 heterocycles. The van der Waals surface area contributed by atoms with Crippen molar-refractivity contribution in [1.82, 2.24) is 15.0 Å². The Labute approximate surface area is 153 Å². The number of amides is 1. The number of nitrogens with one attached hydrogen (secondary N) is 2. The maximum absolute atomic E-state index is 12.4. The molecule has 0 aliphatic heterocycles. The van der Waals surface area contributed by atoms with E-state index in [0.29, 0.717) is 6.54 Å². The number of nitrogens with zero attached hydrogens (tertiary/aromatic N) is 2. The molecule has 0 spiro atoms. The Bertz CT molecular complexity index is 895. The molecule has 0 bridgehead atoms. The van der Waals surface area contributed by atoms with Crippen LogP contribution in [-0.4, -0.2) is 39.9 Å². The first kappa shape index (κ1) is 19.6. The number of aromatic nitrogens is 1. The van der Waals surface area contributed by atoms with E-state index < -0.39 is 10.0 Å². The number of carbonyl (C=O) groups is 1. The van der Waals surface area contributed by atoms with Crippen LogP contribution in [0.25, 0.3) is 0 Å². The van der Waals surface area contributed by atoms with Crippen molar-refractivity contribution in [2.24, 2.45) is 0 Å². The van der Waals surface area contributed by atoms with Gasteiger partial charge >= 0.3 is 0 Å². The van der Waals surface area contributed by atoms with Crippen LogP contribution in [0.1, 0.15) is 15.9 Å². The van der Waals surface area contributed by atoms with Gasteiger partial charge in [0.05, 0.1) is 4.90 Å². The summed E-state index contributed by atoms with van der Waals surface area (Å²) in [7, 11) is 0.0962. The first-order valence-electron chi connectivity index (χ1n) is 7.94. The Hall–Kier alpha value is -2.71. The summed E-state index contributed by atoms with van der Waals surface area (Å²) in [5, 5.41) is 2.79. The summed E-state index contributed by atoms with van der Waals surface area (Å²) < 4.78 is 26.7. The van der Waals surface area contributed by atoms with E-state index in [1.165, 1.54) is 24.3 Å². The second-order valence-electron chi connectivity index (χ2n) is 5.77. The largest absolute Gasteiger partial charge is 0.363 e. The van der Waals surface area contributed by atoms with E-state index >= 15 is 0 Å². The highest BCUT2D eigenvalue weighted by molar-refractivity contribution is 7.89. The minimum absolute atomic E-state index is 0.0332. The summed E-state index contributed by atoms with van der Waals surface area (Å²) in [5.74, 6) is 0.437. The van der Waals surface area contributed by atoms with Crippen LogP contribution >= 0.6 is 0 Å². The Kier molecular flexibility index (Phi) is 6.48. The molecule has 0 fully saturated rings. The minimum atomic E-state index is -3.68. The Morgan fingerprint density at radius 1 is 1.27 bits per heavy atom. The van der Waals surface area contributed by atoms with Crippen LogP contribution in [0.4, 0.5) is 5.82 Å². The van der Waals surface area contributed by atoms with Gasteiger partial charge in [-0.3, -0.25) is 4.79 Å². The Morgan fingerprint density at radius 3 is 2.73 bits per heavy atom. The molecule has 2 rings (SSSR count). The Balaban J connectivity index is 2.09. The predicted molar refractivity (Wildman–Crippen MR) is 102 cm³/mol. The van der Waals surface area contributed by atoms with Crippen molar-refractivity contribution in [3.63, 3.8) is 0 Å². The number of hydrogen-bond donors (Lipinski definition) is 2. The van der Waals surface area contributed by atoms with Gasteiger partial charge in [-0.05, 0) is 35.9 Å². The van der Waals surface area contributed by atoms with Gasteiger partial charge in [0, 0.05) is 38.9 Å². The van der Waals surface area contributed by atoms with Crippen LogP contribution in [0, 0.1) is 0 Å². The molecule has 138 valence electrons. The van der Waals surface area contributed by atoms with Crippen LogP contribution in [0.15, 0.2) is 60.1 Å². The van der Waals surface area contributed by atoms with Crippen LogP contribution in [-0.2, 0) is 16.6 Å². The maximum atomic E-state index is 12.4. The van der Waals surface area contributed by atoms with Gasteiger partial charge in [-0.1, -0.05) is 12.1 Å². The fourth-order valence-electron chi connectivity index (χ4n) is 2.16. The topological polar surface area (TPSA) is 91.4 Å². The van der Waals surface area contributed by atoms with E-state index in [0.717, 1.165) is 11.4 Å². The van der Waals surface area contributed by atoms with E-state index in [1.54, 1.807) is 12.3 Å². The number of benzene rings is 1. The lowest BCUT2D eigenvalue weighted by molar-refractivity contribution is 0.0950. The van der Waals surface area contributed by atoms with Gasteiger partial charge in [0.2, 0.25) is 10.0 Å². The molecule has 0 saturated carbocycles. The third-order valence-corrected chi connectivity index (χ3v) is 4.97. The average molecular weight is 374 g/mol. The number of carbonyl (C=O) groups excluding carboxylic acids is 1. The molecule has 0 radical (unpaired) electrons.